The van der Waals surface area contributed by atoms with Crippen LogP contribution in [0.4, 0.5) is 0 Å². The molecule has 33 heavy (non-hydrogen) atoms. The average molecular weight is 461 g/mol. The van der Waals surface area contributed by atoms with E-state index in [-0.39, 0.29) is 0 Å². The van der Waals surface area contributed by atoms with Gasteiger partial charge < -0.3 is 0 Å². The molecule has 0 nitrogen and oxygen atoms in total. The normalized spacial score (nSPS) is 9.48. The Morgan fingerprint density at radius 3 is 1.33 bits per heavy atom. The van der Waals surface area contributed by atoms with Crippen molar-refractivity contribution in [2.24, 2.45) is 29.6 Å². The highest BCUT2D eigenvalue weighted by atomic mass is 13.9. The van der Waals surface area contributed by atoms with Gasteiger partial charge in [0, 0.05) is 12.8 Å². The van der Waals surface area contributed by atoms with Gasteiger partial charge in [-0.3, -0.25) is 0 Å². The van der Waals surface area contributed by atoms with E-state index in [0.29, 0.717) is 5.92 Å². The third-order valence-corrected chi connectivity index (χ3v) is 3.83. The molecular weight excluding hydrogens is 396 g/mol. The summed E-state index contributed by atoms with van der Waals surface area (Å²) in [5.74, 6) is 12.3. The predicted octanol–water partition coefficient (Wildman–Crippen LogP) is 11.4. The van der Waals surface area contributed by atoms with Crippen molar-refractivity contribution in [2.45, 2.75) is 135 Å². The standard InChI is InChI=1S/C7H16.C7H14.C7H12.C6H12.C6H10/c3*1-4-5-6-7(2)3;2*1-4-5-6(2)3/h7H,4-6H2,1-3H3;4-5,7H,6H2,1-3H3;7H,6H2,1-3H3;4,6H,1,5H2,2-3H3;1,6H,5H2,2-3H3. The van der Waals surface area contributed by atoms with E-state index in [2.05, 4.69) is 120 Å². The quantitative estimate of drug-likeness (QED) is 0.237. The molecule has 0 aromatic heterocycles. The molecule has 196 valence electrons. The van der Waals surface area contributed by atoms with E-state index in [1.165, 1.54) is 25.7 Å². The summed E-state index contributed by atoms with van der Waals surface area (Å²) in [7, 11) is 0. The first-order valence-corrected chi connectivity index (χ1v) is 13.4. The Morgan fingerprint density at radius 1 is 0.758 bits per heavy atom. The summed E-state index contributed by atoms with van der Waals surface area (Å²) in [6, 6.07) is 0. The van der Waals surface area contributed by atoms with E-state index in [1.807, 2.05) is 13.0 Å². The zero-order chi connectivity index (χ0) is 27.1. The van der Waals surface area contributed by atoms with E-state index in [9.17, 15) is 0 Å². The lowest BCUT2D eigenvalue weighted by Gasteiger charge is -1.98. The molecule has 0 bridgehead atoms. The minimum Gasteiger partial charge on any atom is -0.120 e. The minimum atomic E-state index is 0.662. The molecule has 0 heteroatoms. The Morgan fingerprint density at radius 2 is 1.24 bits per heavy atom. The Balaban J connectivity index is -0.0000000992. The molecule has 0 atom stereocenters. The third kappa shape index (κ3) is 90.8. The monoisotopic (exact) mass is 461 g/mol. The molecule has 0 saturated carbocycles. The summed E-state index contributed by atoms with van der Waals surface area (Å²) in [5, 5.41) is 0. The van der Waals surface area contributed by atoms with Gasteiger partial charge in [0.15, 0.2) is 0 Å². The van der Waals surface area contributed by atoms with Crippen LogP contribution in [0, 0.1) is 53.8 Å². The highest BCUT2D eigenvalue weighted by Crippen LogP contribution is 2.04. The van der Waals surface area contributed by atoms with Crippen molar-refractivity contribution in [3.8, 4) is 24.2 Å². The molecule has 0 saturated heterocycles. The first kappa shape index (κ1) is 41.8. The molecule has 0 radical (unpaired) electrons. The van der Waals surface area contributed by atoms with E-state index >= 15 is 0 Å². The van der Waals surface area contributed by atoms with Crippen LogP contribution in [0.1, 0.15) is 135 Å². The first-order valence-electron chi connectivity index (χ1n) is 13.4. The fourth-order valence-electron chi connectivity index (χ4n) is 1.90. The van der Waals surface area contributed by atoms with Crippen LogP contribution in [0.5, 0.6) is 0 Å². The lowest BCUT2D eigenvalue weighted by atomic mass is 10.1. The molecule has 0 aromatic rings. The van der Waals surface area contributed by atoms with Crippen LogP contribution in [-0.2, 0) is 0 Å². The van der Waals surface area contributed by atoms with Crippen LogP contribution in [0.25, 0.3) is 0 Å². The van der Waals surface area contributed by atoms with Gasteiger partial charge in [0.25, 0.3) is 0 Å². The SMILES string of the molecule is C#CCC(C)C.C=CCC(C)C.CC#CCC(C)C.CC=CCC(C)C.CCCCC(C)C. The minimum absolute atomic E-state index is 0.662. The van der Waals surface area contributed by atoms with Gasteiger partial charge in [0.1, 0.15) is 0 Å². The maximum atomic E-state index is 4.98. The first-order chi connectivity index (χ1) is 15.4. The fourth-order valence-corrected chi connectivity index (χ4v) is 1.90. The van der Waals surface area contributed by atoms with Gasteiger partial charge in [-0.1, -0.05) is 114 Å². The number of unbranched alkanes of at least 4 members (excludes halogenated alkanes) is 1. The van der Waals surface area contributed by atoms with Crippen molar-refractivity contribution in [1.82, 2.24) is 0 Å². The predicted molar refractivity (Wildman–Crippen MR) is 159 cm³/mol. The Bertz CT molecular complexity index is 454. The average Bonchev–Trinajstić information content (AvgIpc) is 2.70. The van der Waals surface area contributed by atoms with E-state index in [0.717, 1.165) is 42.9 Å². The van der Waals surface area contributed by atoms with E-state index in [1.54, 1.807) is 0 Å². The largest absolute Gasteiger partial charge is 0.120 e. The molecule has 0 heterocycles. The Hall–Kier alpha value is -1.40. The summed E-state index contributed by atoms with van der Waals surface area (Å²) in [4.78, 5) is 0. The smallest absolute Gasteiger partial charge is 0.0112 e. The van der Waals surface area contributed by atoms with Crippen LogP contribution in [0.2, 0.25) is 0 Å². The zero-order valence-electron chi connectivity index (χ0n) is 25.4. The topological polar surface area (TPSA) is 0 Å². The summed E-state index contributed by atoms with van der Waals surface area (Å²) >= 11 is 0. The number of terminal acetylenes is 1. The lowest BCUT2D eigenvalue weighted by molar-refractivity contribution is 0.550. The van der Waals surface area contributed by atoms with Crippen molar-refractivity contribution in [1.29, 1.82) is 0 Å². The van der Waals surface area contributed by atoms with Crippen LogP contribution >= 0.6 is 0 Å². The number of rotatable bonds is 9. The van der Waals surface area contributed by atoms with Gasteiger partial charge in [0.05, 0.1) is 0 Å². The Labute approximate surface area is 213 Å². The molecule has 0 unspecified atom stereocenters. The number of hydrogen-bond acceptors (Lipinski definition) is 0. The molecule has 0 spiro atoms. The molecular formula is C33H64. The maximum Gasteiger partial charge on any atom is 0.0112 e. The molecule has 0 N–H and O–H groups in total. The van der Waals surface area contributed by atoms with E-state index in [4.69, 9.17) is 6.42 Å². The highest BCUT2D eigenvalue weighted by molar-refractivity contribution is 4.95. The second-order valence-corrected chi connectivity index (χ2v) is 10.5. The van der Waals surface area contributed by atoms with Crippen LogP contribution in [0.15, 0.2) is 24.8 Å². The molecule has 0 aliphatic carbocycles. The molecule has 0 amide bonds. The molecule has 0 aliphatic rings. The number of allylic oxidation sites excluding steroid dienone is 3. The summed E-state index contributed by atoms with van der Waals surface area (Å²) in [5.41, 5.74) is 0. The second kappa shape index (κ2) is 37.9. The molecule has 0 aliphatic heterocycles. The maximum absolute atomic E-state index is 4.98. The second-order valence-electron chi connectivity index (χ2n) is 10.5. The van der Waals surface area contributed by atoms with Crippen molar-refractivity contribution in [3.63, 3.8) is 0 Å². The number of hydrogen-bond donors (Lipinski definition) is 0. The van der Waals surface area contributed by atoms with Crippen LogP contribution in [-0.4, -0.2) is 0 Å². The van der Waals surface area contributed by atoms with Gasteiger partial charge in [-0.05, 0) is 56.3 Å². The van der Waals surface area contributed by atoms with Crippen molar-refractivity contribution in [3.05, 3.63) is 24.8 Å². The molecule has 0 aromatic carbocycles. The summed E-state index contributed by atoms with van der Waals surface area (Å²) in [6.45, 7) is 31.7. The van der Waals surface area contributed by atoms with Gasteiger partial charge in [-0.25, -0.2) is 0 Å². The van der Waals surface area contributed by atoms with Crippen molar-refractivity contribution in [2.75, 3.05) is 0 Å². The van der Waals surface area contributed by atoms with Gasteiger partial charge >= 0.3 is 0 Å². The van der Waals surface area contributed by atoms with Gasteiger partial charge in [-0.2, -0.15) is 0 Å². The van der Waals surface area contributed by atoms with Gasteiger partial charge in [0.2, 0.25) is 0 Å². The van der Waals surface area contributed by atoms with E-state index < -0.39 is 0 Å². The molecule has 0 fully saturated rings. The van der Waals surface area contributed by atoms with Gasteiger partial charge in [-0.15, -0.1) is 30.8 Å². The molecule has 0 rings (SSSR count). The Kier molecular flexibility index (Phi) is 48.0. The zero-order valence-corrected chi connectivity index (χ0v) is 25.4. The van der Waals surface area contributed by atoms with Crippen LogP contribution in [0.3, 0.4) is 0 Å². The van der Waals surface area contributed by atoms with Crippen LogP contribution < -0.4 is 0 Å². The third-order valence-electron chi connectivity index (χ3n) is 3.83. The summed E-state index contributed by atoms with van der Waals surface area (Å²) in [6.07, 6.45) is 19.7. The lowest BCUT2D eigenvalue weighted by Crippen LogP contribution is -1.83. The highest BCUT2D eigenvalue weighted by Gasteiger charge is 1.89. The van der Waals surface area contributed by atoms with Crippen molar-refractivity contribution >= 4 is 0 Å². The fraction of sp³-hybridized carbons (Fsp3) is 0.758. The van der Waals surface area contributed by atoms with Crippen molar-refractivity contribution < 1.29 is 0 Å². The summed E-state index contributed by atoms with van der Waals surface area (Å²) < 4.78 is 0.